The lowest BCUT2D eigenvalue weighted by molar-refractivity contribution is 1.30. The smallest absolute Gasteiger partial charge is 0.0597 e. The molecule has 0 aromatic carbocycles. The molecule has 2 aliphatic rings. The van der Waals surface area contributed by atoms with Gasteiger partial charge in [-0.05, 0) is 62.4 Å². The summed E-state index contributed by atoms with van der Waals surface area (Å²) in [7, 11) is 0. The van der Waals surface area contributed by atoms with Gasteiger partial charge in [0.05, 0.1) is 19.5 Å². The number of fused-ring (bicyclic) bond motifs is 2. The van der Waals surface area contributed by atoms with E-state index in [1.807, 2.05) is 68.0 Å². The number of thioether (sulfide) groups is 4. The van der Waals surface area contributed by atoms with Crippen LogP contribution >= 0.6 is 115 Å². The Morgan fingerprint density at radius 1 is 0.350 bits per heavy atom. The Kier molecular flexibility index (Phi) is 7.65. The summed E-state index contributed by atoms with van der Waals surface area (Å²) in [5.41, 5.74) is 0. The van der Waals surface area contributed by atoms with Crippen molar-refractivity contribution >= 4 is 115 Å². The molecule has 0 saturated carbocycles. The molecule has 0 radical (unpaired) electrons. The second kappa shape index (κ2) is 11.3. The Hall–Kier alpha value is -0.400. The largest absolute Gasteiger partial charge is 0.140 e. The van der Waals surface area contributed by atoms with Gasteiger partial charge in [0.25, 0.3) is 0 Å². The molecule has 0 aliphatic carbocycles. The Morgan fingerprint density at radius 2 is 0.650 bits per heavy atom. The van der Waals surface area contributed by atoms with E-state index in [1.54, 1.807) is 0 Å². The van der Waals surface area contributed by atoms with E-state index in [9.17, 15) is 0 Å². The molecule has 0 amide bonds. The van der Waals surface area contributed by atoms with Gasteiger partial charge in [0, 0.05) is 81.6 Å². The minimum absolute atomic E-state index is 1.20. The first kappa shape index (κ1) is 27.2. The lowest BCUT2D eigenvalue weighted by Gasteiger charge is -2.12. The maximum Gasteiger partial charge on any atom is 0.0597 e. The first-order chi connectivity index (χ1) is 19.6. The van der Waals surface area contributed by atoms with E-state index in [1.165, 1.54) is 101 Å². The average molecular weight is 703 g/mol. The van der Waals surface area contributed by atoms with Gasteiger partial charge in [-0.3, -0.25) is 0 Å². The van der Waals surface area contributed by atoms with Crippen molar-refractivity contribution in [2.45, 2.75) is 33.4 Å². The number of aryl methyl sites for hydroxylation is 2. The quantitative estimate of drug-likeness (QED) is 0.175. The molecule has 2 aliphatic heterocycles. The van der Waals surface area contributed by atoms with Crippen molar-refractivity contribution in [2.24, 2.45) is 0 Å². The number of hydrogen-bond acceptors (Lipinski definition) is 10. The van der Waals surface area contributed by atoms with Crippen LogP contribution in [0.2, 0.25) is 0 Å². The Bertz CT molecular complexity index is 1710. The SMILES string of the molecule is Cc1ccc(-c2sc(-c3ccc(-c4ccc(-c5sc(-c6ccc(C)s6)c6c5SCCS6)s4)s3)c3c2SCCS3)s1. The van der Waals surface area contributed by atoms with E-state index in [2.05, 4.69) is 109 Å². The van der Waals surface area contributed by atoms with Crippen molar-refractivity contribution in [3.63, 3.8) is 0 Å². The van der Waals surface area contributed by atoms with Crippen molar-refractivity contribution in [3.05, 3.63) is 58.3 Å². The summed E-state index contributed by atoms with van der Waals surface area (Å²) < 4.78 is 0. The topological polar surface area (TPSA) is 0 Å². The summed E-state index contributed by atoms with van der Waals surface area (Å²) in [5.74, 6) is 4.81. The van der Waals surface area contributed by atoms with Crippen LogP contribution in [0.15, 0.2) is 68.1 Å². The van der Waals surface area contributed by atoms with Crippen molar-refractivity contribution < 1.29 is 0 Å². The molecule has 6 aromatic heterocycles. The average Bonchev–Trinajstić information content (AvgIpc) is 3.80. The van der Waals surface area contributed by atoms with Crippen molar-refractivity contribution in [3.8, 4) is 48.8 Å². The second-order valence-corrected chi connectivity index (χ2v) is 20.6. The van der Waals surface area contributed by atoms with Crippen LogP contribution in [-0.2, 0) is 0 Å². The van der Waals surface area contributed by atoms with E-state index in [0.717, 1.165) is 0 Å². The summed E-state index contributed by atoms with van der Waals surface area (Å²) in [6.07, 6.45) is 0. The summed E-state index contributed by atoms with van der Waals surface area (Å²) in [6.45, 7) is 4.43. The van der Waals surface area contributed by atoms with Gasteiger partial charge in [0.15, 0.2) is 0 Å². The van der Waals surface area contributed by atoms with Gasteiger partial charge in [-0.25, -0.2) is 0 Å². The zero-order valence-electron chi connectivity index (χ0n) is 21.5. The lowest BCUT2D eigenvalue weighted by atomic mass is 10.3. The minimum Gasteiger partial charge on any atom is -0.140 e. The summed E-state index contributed by atoms with van der Waals surface area (Å²) in [4.78, 5) is 23.2. The molecule has 0 bridgehead atoms. The highest BCUT2D eigenvalue weighted by molar-refractivity contribution is 8.06. The van der Waals surface area contributed by atoms with E-state index >= 15 is 0 Å². The maximum atomic E-state index is 2.37. The van der Waals surface area contributed by atoms with Gasteiger partial charge in [0.1, 0.15) is 0 Å². The van der Waals surface area contributed by atoms with Crippen LogP contribution < -0.4 is 0 Å². The standard InChI is InChI=1S/C30H22S10/c1-15-3-5-19(35-15)23-27-29(33-13-11-31-27)25(39-23)21-9-7-17(37-21)18-8-10-22(38-18)26-30-28(32-12-14-34-30)24(40-26)20-6-4-16(2)36-20/h3-10H,11-14H2,1-2H3. The molecule has 0 nitrogen and oxygen atoms in total. The number of hydrogen-bond donors (Lipinski definition) is 0. The molecule has 40 heavy (non-hydrogen) atoms. The van der Waals surface area contributed by atoms with Crippen molar-refractivity contribution in [2.75, 3.05) is 23.0 Å². The molecule has 8 rings (SSSR count). The van der Waals surface area contributed by atoms with Crippen LogP contribution in [0.4, 0.5) is 0 Å². The van der Waals surface area contributed by atoms with Gasteiger partial charge >= 0.3 is 0 Å². The van der Waals surface area contributed by atoms with E-state index < -0.39 is 0 Å². The Morgan fingerprint density at radius 3 is 0.975 bits per heavy atom. The molecule has 0 spiro atoms. The maximum absolute atomic E-state index is 2.37. The van der Waals surface area contributed by atoms with Gasteiger partial charge in [-0.15, -0.1) is 115 Å². The van der Waals surface area contributed by atoms with Gasteiger partial charge in [-0.2, -0.15) is 0 Å². The lowest BCUT2D eigenvalue weighted by Crippen LogP contribution is -1.92. The number of thiophene rings is 6. The summed E-state index contributed by atoms with van der Waals surface area (Å²) in [6, 6.07) is 18.6. The first-order valence-corrected chi connectivity index (χ1v) is 21.7. The molecule has 0 N–H and O–H groups in total. The minimum atomic E-state index is 1.20. The van der Waals surface area contributed by atoms with Crippen LogP contribution in [0.3, 0.4) is 0 Å². The Labute approximate surface area is 275 Å². The van der Waals surface area contributed by atoms with E-state index in [-0.39, 0.29) is 0 Å². The third-order valence-corrected chi connectivity index (χ3v) is 19.8. The molecule has 0 unspecified atom stereocenters. The Balaban J connectivity index is 1.15. The number of rotatable bonds is 5. The molecule has 6 aromatic rings. The fourth-order valence-electron chi connectivity index (χ4n) is 4.85. The van der Waals surface area contributed by atoms with E-state index in [4.69, 9.17) is 0 Å². The van der Waals surface area contributed by atoms with Crippen LogP contribution in [-0.4, -0.2) is 23.0 Å². The van der Waals surface area contributed by atoms with Gasteiger partial charge in [0.2, 0.25) is 0 Å². The molecule has 0 fully saturated rings. The molecule has 202 valence electrons. The predicted octanol–water partition coefficient (Wildman–Crippen LogP) is 13.4. The van der Waals surface area contributed by atoms with Gasteiger partial charge < -0.3 is 0 Å². The normalized spacial score (nSPS) is 14.9. The highest BCUT2D eigenvalue weighted by Gasteiger charge is 2.27. The molecule has 10 heteroatoms. The fourth-order valence-corrected chi connectivity index (χ4v) is 17.8. The molecular weight excluding hydrogens is 681 g/mol. The predicted molar refractivity (Wildman–Crippen MR) is 193 cm³/mol. The summed E-state index contributed by atoms with van der Waals surface area (Å²) in [5, 5.41) is 0. The van der Waals surface area contributed by atoms with Crippen LogP contribution in [0.5, 0.6) is 0 Å². The fraction of sp³-hybridized carbons (Fsp3) is 0.200. The highest BCUT2D eigenvalue weighted by Crippen LogP contribution is 2.58. The molecule has 0 saturated heterocycles. The van der Waals surface area contributed by atoms with Crippen LogP contribution in [0.1, 0.15) is 9.75 Å². The first-order valence-electron chi connectivity index (χ1n) is 12.8. The second-order valence-electron chi connectivity index (χ2n) is 9.38. The molecule has 0 atom stereocenters. The highest BCUT2D eigenvalue weighted by atomic mass is 32.2. The zero-order valence-corrected chi connectivity index (χ0v) is 29.7. The van der Waals surface area contributed by atoms with Crippen molar-refractivity contribution in [1.82, 2.24) is 0 Å². The molecule has 8 heterocycles. The van der Waals surface area contributed by atoms with Gasteiger partial charge in [-0.1, -0.05) is 0 Å². The third kappa shape index (κ3) is 4.88. The zero-order chi connectivity index (χ0) is 26.8. The summed E-state index contributed by atoms with van der Waals surface area (Å²) >= 11 is 20.0. The van der Waals surface area contributed by atoms with Crippen LogP contribution in [0.25, 0.3) is 48.8 Å². The third-order valence-electron chi connectivity index (χ3n) is 6.63. The molecular formula is C30H22S10. The van der Waals surface area contributed by atoms with Crippen molar-refractivity contribution in [1.29, 1.82) is 0 Å². The van der Waals surface area contributed by atoms with Crippen LogP contribution in [0, 0.1) is 13.8 Å². The van der Waals surface area contributed by atoms with E-state index in [0.29, 0.717) is 0 Å². The monoisotopic (exact) mass is 702 g/mol.